The van der Waals surface area contributed by atoms with Gasteiger partial charge in [-0.25, -0.2) is 0 Å². The van der Waals surface area contributed by atoms with Crippen LogP contribution in [0.25, 0.3) is 60.2 Å². The molecule has 0 saturated carbocycles. The van der Waals surface area contributed by atoms with Crippen LogP contribution in [0.1, 0.15) is 57.2 Å². The zero-order valence-corrected chi connectivity index (χ0v) is 25.3. The topological polar surface area (TPSA) is 0 Å². The Hall–Kier alpha value is -2.24. The van der Waals surface area contributed by atoms with Crippen LogP contribution in [-0.2, 0) is 6.42 Å². The number of fused-ring (bicyclic) bond motifs is 7. The second kappa shape index (κ2) is 10.4. The van der Waals surface area contributed by atoms with Gasteiger partial charge in [-0.3, -0.25) is 0 Å². The summed E-state index contributed by atoms with van der Waals surface area (Å²) in [5.41, 5.74) is 1.31. The number of benzene rings is 3. The van der Waals surface area contributed by atoms with Crippen LogP contribution < -0.4 is 0 Å². The van der Waals surface area contributed by atoms with Gasteiger partial charge in [-0.05, 0) is 71.5 Å². The highest BCUT2D eigenvalue weighted by atomic mass is 32.1. The van der Waals surface area contributed by atoms with Crippen molar-refractivity contribution in [1.29, 1.82) is 0 Å². The highest BCUT2D eigenvalue weighted by molar-refractivity contribution is 7.37. The SMILES string of the molecule is CCCCC(CC)CCCc1cc2cc3c(cc2s1)sc1c2cc4cc(-c5ccccc5)sc4cc2sc31. The van der Waals surface area contributed by atoms with Gasteiger partial charge in [0.25, 0.3) is 0 Å². The van der Waals surface area contributed by atoms with E-state index < -0.39 is 0 Å². The summed E-state index contributed by atoms with van der Waals surface area (Å²) in [4.78, 5) is 2.91. The molecule has 0 nitrogen and oxygen atoms in total. The minimum absolute atomic E-state index is 0.913. The lowest BCUT2D eigenvalue weighted by Crippen LogP contribution is -1.99. The normalized spacial score (nSPS) is 13.1. The summed E-state index contributed by atoms with van der Waals surface area (Å²) in [5, 5.41) is 5.67. The molecule has 192 valence electrons. The summed E-state index contributed by atoms with van der Waals surface area (Å²) >= 11 is 7.90. The Morgan fingerprint density at radius 1 is 0.632 bits per heavy atom. The van der Waals surface area contributed by atoms with Crippen LogP contribution in [0.15, 0.2) is 66.7 Å². The number of rotatable bonds is 9. The van der Waals surface area contributed by atoms with Crippen LogP contribution in [0.2, 0.25) is 0 Å². The predicted molar refractivity (Wildman–Crippen MR) is 177 cm³/mol. The maximum absolute atomic E-state index is 2.48. The van der Waals surface area contributed by atoms with Crippen molar-refractivity contribution < 1.29 is 0 Å². The summed E-state index contributed by atoms with van der Waals surface area (Å²) < 4.78 is 8.63. The summed E-state index contributed by atoms with van der Waals surface area (Å²) in [5.74, 6) is 0.913. The zero-order valence-electron chi connectivity index (χ0n) is 22.0. The van der Waals surface area contributed by atoms with E-state index in [0.29, 0.717) is 0 Å². The summed E-state index contributed by atoms with van der Waals surface area (Å²) in [6.07, 6.45) is 9.39. The Bertz CT molecular complexity index is 1880. The Morgan fingerprint density at radius 3 is 1.97 bits per heavy atom. The molecule has 0 aliphatic rings. The third-order valence-electron chi connectivity index (χ3n) is 8.04. The molecule has 4 aromatic heterocycles. The van der Waals surface area contributed by atoms with Crippen LogP contribution in [0.5, 0.6) is 0 Å². The van der Waals surface area contributed by atoms with Gasteiger partial charge in [0.1, 0.15) is 0 Å². The molecule has 4 heteroatoms. The van der Waals surface area contributed by atoms with Crippen molar-refractivity contribution in [1.82, 2.24) is 0 Å². The van der Waals surface area contributed by atoms with Crippen LogP contribution in [0.3, 0.4) is 0 Å². The van der Waals surface area contributed by atoms with Gasteiger partial charge >= 0.3 is 0 Å². The minimum Gasteiger partial charge on any atom is -0.140 e. The molecule has 38 heavy (non-hydrogen) atoms. The molecule has 1 atom stereocenters. The summed E-state index contributed by atoms with van der Waals surface area (Å²) in [7, 11) is 0. The van der Waals surface area contributed by atoms with Gasteiger partial charge in [0.15, 0.2) is 0 Å². The van der Waals surface area contributed by atoms with Gasteiger partial charge in [-0.2, -0.15) is 0 Å². The fraction of sp³-hybridized carbons (Fsp3) is 0.294. The predicted octanol–water partition coefficient (Wildman–Crippen LogP) is 12.9. The van der Waals surface area contributed by atoms with E-state index in [4.69, 9.17) is 0 Å². The molecular formula is C34H32S4. The molecule has 0 bridgehead atoms. The van der Waals surface area contributed by atoms with Crippen molar-refractivity contribution in [3.05, 3.63) is 71.6 Å². The first kappa shape index (κ1) is 24.8. The van der Waals surface area contributed by atoms with Crippen molar-refractivity contribution in [2.75, 3.05) is 0 Å². The van der Waals surface area contributed by atoms with Gasteiger partial charge in [0, 0.05) is 39.3 Å². The fourth-order valence-electron chi connectivity index (χ4n) is 5.86. The largest absolute Gasteiger partial charge is 0.140 e. The molecule has 7 rings (SSSR count). The third kappa shape index (κ3) is 4.50. The quantitative estimate of drug-likeness (QED) is 0.162. The first-order valence-corrected chi connectivity index (χ1v) is 17.3. The molecule has 0 spiro atoms. The van der Waals surface area contributed by atoms with Crippen LogP contribution in [-0.4, -0.2) is 0 Å². The highest BCUT2D eigenvalue weighted by Gasteiger charge is 2.16. The Balaban J connectivity index is 1.20. The van der Waals surface area contributed by atoms with Crippen molar-refractivity contribution in [3.8, 4) is 10.4 Å². The zero-order chi connectivity index (χ0) is 25.6. The number of aryl methyl sites for hydroxylation is 1. The summed E-state index contributed by atoms with van der Waals surface area (Å²) in [6, 6.07) is 25.4. The van der Waals surface area contributed by atoms with E-state index in [2.05, 4.69) is 80.6 Å². The van der Waals surface area contributed by atoms with E-state index in [1.807, 2.05) is 45.3 Å². The molecule has 3 aromatic carbocycles. The number of hydrogen-bond donors (Lipinski definition) is 0. The molecule has 0 fully saturated rings. The monoisotopic (exact) mass is 568 g/mol. The van der Waals surface area contributed by atoms with E-state index in [9.17, 15) is 0 Å². The van der Waals surface area contributed by atoms with E-state index in [0.717, 1.165) is 5.92 Å². The molecule has 0 aliphatic carbocycles. The van der Waals surface area contributed by atoms with Gasteiger partial charge in [-0.15, -0.1) is 45.3 Å². The van der Waals surface area contributed by atoms with Crippen molar-refractivity contribution in [2.24, 2.45) is 5.92 Å². The molecule has 1 unspecified atom stereocenters. The maximum atomic E-state index is 2.48. The van der Waals surface area contributed by atoms with Crippen molar-refractivity contribution >= 4 is 95.1 Å². The molecule has 0 amide bonds. The van der Waals surface area contributed by atoms with Gasteiger partial charge in [-0.1, -0.05) is 76.3 Å². The lowest BCUT2D eigenvalue weighted by Gasteiger charge is -2.13. The number of unbranched alkanes of at least 4 members (excludes halogenated alkanes) is 1. The third-order valence-corrected chi connectivity index (χ3v) is 12.9. The Morgan fingerprint density at radius 2 is 1.29 bits per heavy atom. The first-order valence-electron chi connectivity index (χ1n) is 14.0. The lowest BCUT2D eigenvalue weighted by atomic mass is 9.93. The van der Waals surface area contributed by atoms with Crippen LogP contribution >= 0.6 is 45.3 Å². The molecular weight excluding hydrogens is 537 g/mol. The molecule has 0 saturated heterocycles. The highest BCUT2D eigenvalue weighted by Crippen LogP contribution is 2.48. The lowest BCUT2D eigenvalue weighted by molar-refractivity contribution is 0.410. The molecule has 0 N–H and O–H groups in total. The smallest absolute Gasteiger partial charge is 0.0542 e. The van der Waals surface area contributed by atoms with E-state index in [1.54, 1.807) is 4.88 Å². The summed E-state index contributed by atoms with van der Waals surface area (Å²) in [6.45, 7) is 4.68. The van der Waals surface area contributed by atoms with Gasteiger partial charge in [0.2, 0.25) is 0 Å². The average Bonchev–Trinajstić information content (AvgIpc) is 3.69. The van der Waals surface area contributed by atoms with Crippen molar-refractivity contribution in [3.63, 3.8) is 0 Å². The van der Waals surface area contributed by atoms with Crippen molar-refractivity contribution in [2.45, 2.75) is 58.8 Å². The standard InChI is InChI=1S/C34H32S4/c1-3-5-10-21(4-2)11-9-14-25-15-23-16-26-31(19-29(23)35-25)37-34-27-17-24-18-28(22-12-7-6-8-13-22)36-30(24)20-32(27)38-33(26)34/h6-8,12-13,15-21H,3-5,9-11,14H2,1-2H3. The number of hydrogen-bond acceptors (Lipinski definition) is 4. The second-order valence-corrected chi connectivity index (χ2v) is 15.0. The van der Waals surface area contributed by atoms with Crippen LogP contribution in [0.4, 0.5) is 0 Å². The Labute approximate surface area is 240 Å². The second-order valence-electron chi connectivity index (χ2n) is 10.6. The first-order chi connectivity index (χ1) is 18.7. The van der Waals surface area contributed by atoms with E-state index >= 15 is 0 Å². The van der Waals surface area contributed by atoms with E-state index in [-0.39, 0.29) is 0 Å². The van der Waals surface area contributed by atoms with E-state index in [1.165, 1.54) is 105 Å². The molecule has 4 heterocycles. The maximum Gasteiger partial charge on any atom is 0.0542 e. The molecule has 7 aromatic rings. The fourth-order valence-corrected chi connectivity index (χ4v) is 10.9. The minimum atomic E-state index is 0.913. The average molecular weight is 569 g/mol. The molecule has 0 radical (unpaired) electrons. The van der Waals surface area contributed by atoms with Gasteiger partial charge < -0.3 is 0 Å². The number of thiophene rings is 4. The molecule has 0 aliphatic heterocycles. The van der Waals surface area contributed by atoms with Gasteiger partial charge in [0.05, 0.1) is 9.40 Å². The van der Waals surface area contributed by atoms with Crippen LogP contribution in [0, 0.1) is 5.92 Å². The Kier molecular flexibility index (Phi) is 6.77.